The Morgan fingerprint density at radius 2 is 0.955 bits per heavy atom. The van der Waals surface area contributed by atoms with Gasteiger partial charge < -0.3 is 9.84 Å². The van der Waals surface area contributed by atoms with Gasteiger partial charge in [-0.2, -0.15) is 0 Å². The number of ether oxygens (including phenoxy) is 1. The molecule has 0 atom stereocenters. The fourth-order valence-corrected chi connectivity index (χ4v) is 2.82. The molecule has 0 aliphatic rings. The van der Waals surface area contributed by atoms with Crippen LogP contribution in [0.2, 0.25) is 0 Å². The largest absolute Gasteiger partial charge is 0.481 e. The second-order valence-corrected chi connectivity index (χ2v) is 6.44. The van der Waals surface area contributed by atoms with E-state index in [1.54, 1.807) is 7.11 Å². The lowest BCUT2D eigenvalue weighted by Crippen LogP contribution is -1.93. The van der Waals surface area contributed by atoms with Crippen molar-refractivity contribution in [3.05, 3.63) is 0 Å². The number of carbonyl (C=O) groups is 1. The van der Waals surface area contributed by atoms with E-state index in [4.69, 9.17) is 9.84 Å². The molecule has 0 bridgehead atoms. The molecule has 132 valence electrons. The molecule has 0 radical (unpaired) electrons. The second kappa shape index (κ2) is 18.5. The number of hydrogen-bond acceptors (Lipinski definition) is 2. The van der Waals surface area contributed by atoms with Gasteiger partial charge in [-0.3, -0.25) is 4.79 Å². The normalized spacial score (nSPS) is 11.0. The van der Waals surface area contributed by atoms with Crippen LogP contribution in [0.1, 0.15) is 103 Å². The summed E-state index contributed by atoms with van der Waals surface area (Å²) in [6.07, 6.45) is 19.7. The summed E-state index contributed by atoms with van der Waals surface area (Å²) in [6.45, 7) is 0.916. The topological polar surface area (TPSA) is 46.5 Å². The number of methoxy groups -OCH3 is 1. The maximum Gasteiger partial charge on any atom is 0.303 e. The fraction of sp³-hybridized carbons (Fsp3) is 0.947. The summed E-state index contributed by atoms with van der Waals surface area (Å²) < 4.78 is 5.05. The average molecular weight is 315 g/mol. The Labute approximate surface area is 137 Å². The number of aliphatic carboxylic acids is 1. The summed E-state index contributed by atoms with van der Waals surface area (Å²) in [4.78, 5) is 10.4. The van der Waals surface area contributed by atoms with Crippen LogP contribution in [-0.2, 0) is 9.53 Å². The molecule has 0 aromatic heterocycles. The molecule has 3 nitrogen and oxygen atoms in total. The minimum atomic E-state index is -0.657. The number of rotatable bonds is 18. The molecule has 0 aromatic rings. The summed E-state index contributed by atoms with van der Waals surface area (Å²) in [5.41, 5.74) is 0. The van der Waals surface area contributed by atoms with Gasteiger partial charge in [-0.25, -0.2) is 0 Å². The van der Waals surface area contributed by atoms with Crippen molar-refractivity contribution in [2.75, 3.05) is 13.7 Å². The van der Waals surface area contributed by atoms with Gasteiger partial charge in [0, 0.05) is 20.1 Å². The first kappa shape index (κ1) is 21.4. The van der Waals surface area contributed by atoms with Crippen LogP contribution in [0, 0.1) is 0 Å². The SMILES string of the molecule is COCCCCCCCCCCCCCCCCCC(=O)O. The Hall–Kier alpha value is -0.570. The standard InChI is InChI=1S/C19H38O3/c1-22-18-16-14-12-10-8-6-4-2-3-5-7-9-11-13-15-17-19(20)21/h2-18H2,1H3,(H,20,21). The van der Waals surface area contributed by atoms with Crippen LogP contribution >= 0.6 is 0 Å². The zero-order valence-corrected chi connectivity index (χ0v) is 14.8. The third-order valence-electron chi connectivity index (χ3n) is 4.24. The van der Waals surface area contributed by atoms with Gasteiger partial charge in [0.05, 0.1) is 0 Å². The molecule has 0 fully saturated rings. The molecular formula is C19H38O3. The van der Waals surface area contributed by atoms with E-state index in [9.17, 15) is 4.79 Å². The third-order valence-corrected chi connectivity index (χ3v) is 4.24. The lowest BCUT2D eigenvalue weighted by Gasteiger charge is -2.03. The Kier molecular flexibility index (Phi) is 18.0. The Bertz CT molecular complexity index is 229. The number of carboxylic acid groups (broad SMARTS) is 1. The van der Waals surface area contributed by atoms with Crippen molar-refractivity contribution in [1.82, 2.24) is 0 Å². The molecule has 3 heteroatoms. The average Bonchev–Trinajstić information content (AvgIpc) is 2.50. The molecule has 0 amide bonds. The molecular weight excluding hydrogens is 276 g/mol. The zero-order valence-electron chi connectivity index (χ0n) is 14.8. The van der Waals surface area contributed by atoms with E-state index >= 15 is 0 Å². The van der Waals surface area contributed by atoms with Crippen LogP contribution in [0.5, 0.6) is 0 Å². The summed E-state index contributed by atoms with van der Waals surface area (Å²) in [5.74, 6) is -0.657. The Balaban J connectivity index is 2.95. The molecule has 0 rings (SSSR count). The van der Waals surface area contributed by atoms with Crippen LogP contribution in [0.4, 0.5) is 0 Å². The van der Waals surface area contributed by atoms with E-state index < -0.39 is 5.97 Å². The molecule has 0 aliphatic heterocycles. The van der Waals surface area contributed by atoms with Gasteiger partial charge in [-0.15, -0.1) is 0 Å². The van der Waals surface area contributed by atoms with Crippen LogP contribution in [0.3, 0.4) is 0 Å². The first-order valence-corrected chi connectivity index (χ1v) is 9.48. The smallest absolute Gasteiger partial charge is 0.303 e. The maximum atomic E-state index is 10.4. The molecule has 0 aromatic carbocycles. The van der Waals surface area contributed by atoms with E-state index in [0.29, 0.717) is 6.42 Å². The minimum Gasteiger partial charge on any atom is -0.481 e. The van der Waals surface area contributed by atoms with Gasteiger partial charge in [0.15, 0.2) is 0 Å². The minimum absolute atomic E-state index is 0.340. The van der Waals surface area contributed by atoms with Crippen molar-refractivity contribution in [3.8, 4) is 0 Å². The predicted molar refractivity (Wildman–Crippen MR) is 93.4 cm³/mol. The predicted octanol–water partition coefficient (Wildman–Crippen LogP) is 5.96. The second-order valence-electron chi connectivity index (χ2n) is 6.44. The fourth-order valence-electron chi connectivity index (χ4n) is 2.82. The number of hydrogen-bond donors (Lipinski definition) is 1. The van der Waals surface area contributed by atoms with Crippen molar-refractivity contribution in [2.24, 2.45) is 0 Å². The lowest BCUT2D eigenvalue weighted by molar-refractivity contribution is -0.137. The lowest BCUT2D eigenvalue weighted by atomic mass is 10.0. The van der Waals surface area contributed by atoms with E-state index in [-0.39, 0.29) is 0 Å². The number of unbranched alkanes of at least 4 members (excludes halogenated alkanes) is 14. The van der Waals surface area contributed by atoms with Gasteiger partial charge in [0.2, 0.25) is 0 Å². The van der Waals surface area contributed by atoms with E-state index in [0.717, 1.165) is 19.4 Å². The first-order valence-electron chi connectivity index (χ1n) is 9.48. The van der Waals surface area contributed by atoms with Crippen molar-refractivity contribution in [2.45, 2.75) is 103 Å². The molecule has 22 heavy (non-hydrogen) atoms. The highest BCUT2D eigenvalue weighted by Crippen LogP contribution is 2.13. The molecule has 0 spiro atoms. The van der Waals surface area contributed by atoms with Crippen LogP contribution in [0.15, 0.2) is 0 Å². The van der Waals surface area contributed by atoms with Crippen molar-refractivity contribution in [3.63, 3.8) is 0 Å². The van der Waals surface area contributed by atoms with Crippen LogP contribution < -0.4 is 0 Å². The molecule has 0 saturated carbocycles. The summed E-state index contributed by atoms with van der Waals surface area (Å²) in [6, 6.07) is 0. The van der Waals surface area contributed by atoms with Gasteiger partial charge >= 0.3 is 5.97 Å². The quantitative estimate of drug-likeness (QED) is 0.317. The molecule has 0 unspecified atom stereocenters. The van der Waals surface area contributed by atoms with Crippen LogP contribution in [-0.4, -0.2) is 24.8 Å². The van der Waals surface area contributed by atoms with Crippen molar-refractivity contribution < 1.29 is 14.6 Å². The Morgan fingerprint density at radius 1 is 0.636 bits per heavy atom. The van der Waals surface area contributed by atoms with Crippen LogP contribution in [0.25, 0.3) is 0 Å². The molecule has 0 saturated heterocycles. The van der Waals surface area contributed by atoms with Gasteiger partial charge in [-0.05, 0) is 12.8 Å². The molecule has 0 heterocycles. The van der Waals surface area contributed by atoms with Crippen molar-refractivity contribution in [1.29, 1.82) is 0 Å². The highest BCUT2D eigenvalue weighted by atomic mass is 16.5. The maximum absolute atomic E-state index is 10.4. The van der Waals surface area contributed by atoms with E-state index in [1.165, 1.54) is 83.5 Å². The van der Waals surface area contributed by atoms with Gasteiger partial charge in [0.25, 0.3) is 0 Å². The first-order chi connectivity index (χ1) is 10.8. The van der Waals surface area contributed by atoms with E-state index in [2.05, 4.69) is 0 Å². The summed E-state index contributed by atoms with van der Waals surface area (Å²) in [7, 11) is 1.78. The van der Waals surface area contributed by atoms with Gasteiger partial charge in [0.1, 0.15) is 0 Å². The summed E-state index contributed by atoms with van der Waals surface area (Å²) >= 11 is 0. The van der Waals surface area contributed by atoms with Crippen molar-refractivity contribution >= 4 is 5.97 Å². The highest BCUT2D eigenvalue weighted by molar-refractivity contribution is 5.66. The highest BCUT2D eigenvalue weighted by Gasteiger charge is 1.97. The molecule has 0 aliphatic carbocycles. The van der Waals surface area contributed by atoms with E-state index in [1.807, 2.05) is 0 Å². The zero-order chi connectivity index (χ0) is 16.3. The number of carboxylic acids is 1. The third kappa shape index (κ3) is 19.4. The molecule has 1 N–H and O–H groups in total. The monoisotopic (exact) mass is 314 g/mol. The summed E-state index contributed by atoms with van der Waals surface area (Å²) in [5, 5.41) is 8.53. The van der Waals surface area contributed by atoms with Gasteiger partial charge in [-0.1, -0.05) is 83.5 Å². The Morgan fingerprint density at radius 3 is 1.27 bits per heavy atom.